The van der Waals surface area contributed by atoms with Gasteiger partial charge in [0.05, 0.1) is 12.3 Å². The van der Waals surface area contributed by atoms with Crippen molar-refractivity contribution >= 4 is 46.3 Å². The van der Waals surface area contributed by atoms with E-state index in [1.54, 1.807) is 13.2 Å². The van der Waals surface area contributed by atoms with E-state index in [-0.39, 0.29) is 22.8 Å². The molecule has 0 radical (unpaired) electrons. The third-order valence-electron chi connectivity index (χ3n) is 6.05. The van der Waals surface area contributed by atoms with Crippen LogP contribution in [0.2, 0.25) is 0 Å². The number of anilines is 3. The van der Waals surface area contributed by atoms with Gasteiger partial charge < -0.3 is 26.4 Å². The van der Waals surface area contributed by atoms with Gasteiger partial charge in [-0.1, -0.05) is 24.3 Å². The zero-order valence-corrected chi connectivity index (χ0v) is 22.4. The molecule has 0 aliphatic rings. The van der Waals surface area contributed by atoms with Crippen molar-refractivity contribution in [3.05, 3.63) is 69.7 Å². The van der Waals surface area contributed by atoms with Crippen LogP contribution < -0.4 is 26.6 Å². The van der Waals surface area contributed by atoms with Crippen molar-refractivity contribution < 1.29 is 19.1 Å². The molecule has 1 atom stereocenters. The molecule has 0 bridgehead atoms. The lowest BCUT2D eigenvalue weighted by atomic mass is 9.99. The standard InChI is InChI=1S/C26H32N6O4S/c1-15-7-6-8-19(16(15)2)32(26(35)23-20(27)21(24(28)33)30-37-23)22(25(34)29-13-14-36-5)17-9-11-18(12-10-17)31(3)4/h6-12,22H,13-14,27H2,1-5H3,(H2,28,33)(H,29,34). The average Bonchev–Trinajstić information content (AvgIpc) is 3.26. The third kappa shape index (κ3) is 5.89. The molecular weight excluding hydrogens is 492 g/mol. The van der Waals surface area contributed by atoms with Gasteiger partial charge in [0.15, 0.2) is 5.69 Å². The van der Waals surface area contributed by atoms with E-state index in [1.165, 1.54) is 4.90 Å². The van der Waals surface area contributed by atoms with E-state index >= 15 is 0 Å². The van der Waals surface area contributed by atoms with Gasteiger partial charge in [0.2, 0.25) is 5.91 Å². The highest BCUT2D eigenvalue weighted by Crippen LogP contribution is 2.36. The highest BCUT2D eigenvalue weighted by Gasteiger charge is 2.36. The van der Waals surface area contributed by atoms with E-state index in [9.17, 15) is 14.4 Å². The quantitative estimate of drug-likeness (QED) is 0.346. The summed E-state index contributed by atoms with van der Waals surface area (Å²) in [7, 11) is 5.37. The number of ether oxygens (including phenoxy) is 1. The number of amides is 3. The monoisotopic (exact) mass is 524 g/mol. The summed E-state index contributed by atoms with van der Waals surface area (Å²) in [5.41, 5.74) is 15.0. The van der Waals surface area contributed by atoms with Crippen LogP contribution >= 0.6 is 11.5 Å². The molecule has 2 aromatic carbocycles. The molecule has 37 heavy (non-hydrogen) atoms. The Hall–Kier alpha value is -3.96. The molecule has 196 valence electrons. The summed E-state index contributed by atoms with van der Waals surface area (Å²) in [5, 5.41) is 2.86. The second-order valence-electron chi connectivity index (χ2n) is 8.70. The summed E-state index contributed by atoms with van der Waals surface area (Å²) in [4.78, 5) is 43.0. The van der Waals surface area contributed by atoms with Gasteiger partial charge in [-0.15, -0.1) is 0 Å². The topological polar surface area (TPSA) is 144 Å². The second-order valence-corrected chi connectivity index (χ2v) is 9.48. The van der Waals surface area contributed by atoms with Crippen molar-refractivity contribution in [2.75, 3.05) is 49.9 Å². The molecule has 11 heteroatoms. The molecule has 0 aliphatic carbocycles. The van der Waals surface area contributed by atoms with Gasteiger partial charge in [-0.2, -0.15) is 4.37 Å². The number of hydrogen-bond donors (Lipinski definition) is 3. The first kappa shape index (κ1) is 27.6. The van der Waals surface area contributed by atoms with E-state index in [0.717, 1.165) is 28.3 Å². The van der Waals surface area contributed by atoms with Crippen LogP contribution in [0.1, 0.15) is 42.9 Å². The Bertz CT molecular complexity index is 1290. The van der Waals surface area contributed by atoms with Crippen LogP contribution in [0.3, 0.4) is 0 Å². The van der Waals surface area contributed by atoms with Crippen molar-refractivity contribution in [3.63, 3.8) is 0 Å². The second kappa shape index (κ2) is 11.8. The van der Waals surface area contributed by atoms with E-state index < -0.39 is 23.8 Å². The van der Waals surface area contributed by atoms with Crippen molar-refractivity contribution in [2.24, 2.45) is 5.73 Å². The summed E-state index contributed by atoms with van der Waals surface area (Å²) >= 11 is 0.772. The molecule has 3 aromatic rings. The zero-order chi connectivity index (χ0) is 27.3. The number of hydrogen-bond acceptors (Lipinski definition) is 8. The van der Waals surface area contributed by atoms with Crippen LogP contribution in [-0.4, -0.2) is 56.5 Å². The Labute approximate surface area is 220 Å². The SMILES string of the molecule is COCCNC(=O)C(c1ccc(N(C)C)cc1)N(C(=O)c1snc(C(N)=O)c1N)c1cccc(C)c1C. The normalized spacial score (nSPS) is 11.6. The number of methoxy groups -OCH3 is 1. The fraction of sp³-hybridized carbons (Fsp3) is 0.308. The van der Waals surface area contributed by atoms with Gasteiger partial charge in [0.1, 0.15) is 10.9 Å². The number of nitrogens with one attached hydrogen (secondary N) is 1. The molecule has 1 aromatic heterocycles. The first-order chi connectivity index (χ1) is 17.6. The van der Waals surface area contributed by atoms with Crippen LogP contribution in [0, 0.1) is 13.8 Å². The van der Waals surface area contributed by atoms with Crippen LogP contribution in [-0.2, 0) is 9.53 Å². The Kier molecular flexibility index (Phi) is 8.85. The molecule has 1 unspecified atom stereocenters. The minimum Gasteiger partial charge on any atom is -0.395 e. The lowest BCUT2D eigenvalue weighted by Gasteiger charge is -2.33. The molecular formula is C26H32N6O4S. The highest BCUT2D eigenvalue weighted by atomic mass is 32.1. The van der Waals surface area contributed by atoms with Gasteiger partial charge >= 0.3 is 0 Å². The summed E-state index contributed by atoms with van der Waals surface area (Å²) < 4.78 is 9.08. The first-order valence-electron chi connectivity index (χ1n) is 11.6. The van der Waals surface area contributed by atoms with Crippen LogP contribution in [0.5, 0.6) is 0 Å². The first-order valence-corrected chi connectivity index (χ1v) is 12.3. The molecule has 0 spiro atoms. The predicted molar refractivity (Wildman–Crippen MR) is 146 cm³/mol. The Morgan fingerprint density at radius 1 is 1.11 bits per heavy atom. The molecule has 1 heterocycles. The molecule has 3 amide bonds. The van der Waals surface area contributed by atoms with Crippen molar-refractivity contribution in [1.82, 2.24) is 9.69 Å². The van der Waals surface area contributed by atoms with Crippen LogP contribution in [0.4, 0.5) is 17.1 Å². The summed E-state index contributed by atoms with van der Waals surface area (Å²) in [6, 6.07) is 11.8. The van der Waals surface area contributed by atoms with Gasteiger partial charge in [-0.05, 0) is 60.3 Å². The van der Waals surface area contributed by atoms with Crippen molar-refractivity contribution in [3.8, 4) is 0 Å². The fourth-order valence-electron chi connectivity index (χ4n) is 3.85. The summed E-state index contributed by atoms with van der Waals surface area (Å²) in [6.45, 7) is 4.36. The maximum Gasteiger partial charge on any atom is 0.273 e. The smallest absolute Gasteiger partial charge is 0.273 e. The Morgan fingerprint density at radius 3 is 2.35 bits per heavy atom. The van der Waals surface area contributed by atoms with E-state index in [2.05, 4.69) is 9.69 Å². The maximum absolute atomic E-state index is 14.1. The van der Waals surface area contributed by atoms with Gasteiger partial charge in [-0.25, -0.2) is 0 Å². The number of nitrogen functional groups attached to an aromatic ring is 1. The predicted octanol–water partition coefficient (Wildman–Crippen LogP) is 2.66. The van der Waals surface area contributed by atoms with Crippen molar-refractivity contribution in [2.45, 2.75) is 19.9 Å². The summed E-state index contributed by atoms with van der Waals surface area (Å²) in [6.07, 6.45) is 0. The molecule has 0 saturated carbocycles. The fourth-order valence-corrected chi connectivity index (χ4v) is 4.59. The molecule has 3 rings (SSSR count). The largest absolute Gasteiger partial charge is 0.395 e. The van der Waals surface area contributed by atoms with Crippen LogP contribution in [0.25, 0.3) is 0 Å². The molecule has 5 N–H and O–H groups in total. The zero-order valence-electron chi connectivity index (χ0n) is 21.6. The van der Waals surface area contributed by atoms with E-state index in [4.69, 9.17) is 16.2 Å². The number of nitrogens with two attached hydrogens (primary N) is 2. The number of rotatable bonds is 10. The number of primary amides is 1. The Morgan fingerprint density at radius 2 is 1.78 bits per heavy atom. The molecule has 10 nitrogen and oxygen atoms in total. The lowest BCUT2D eigenvalue weighted by Crippen LogP contribution is -2.45. The van der Waals surface area contributed by atoms with Gasteiger partial charge in [0.25, 0.3) is 11.8 Å². The average molecular weight is 525 g/mol. The van der Waals surface area contributed by atoms with Crippen molar-refractivity contribution in [1.29, 1.82) is 0 Å². The van der Waals surface area contributed by atoms with E-state index in [1.807, 2.05) is 69.2 Å². The third-order valence-corrected chi connectivity index (χ3v) is 6.90. The number of aryl methyl sites for hydroxylation is 1. The van der Waals surface area contributed by atoms with Gasteiger partial charge in [-0.3, -0.25) is 19.3 Å². The minimum absolute atomic E-state index is 0.0225. The number of carbonyl (C=O) groups excluding carboxylic acids is 3. The minimum atomic E-state index is -1.06. The maximum atomic E-state index is 14.1. The number of carbonyl (C=O) groups is 3. The number of nitrogens with zero attached hydrogens (tertiary/aromatic N) is 3. The Balaban J connectivity index is 2.23. The molecule has 0 saturated heterocycles. The lowest BCUT2D eigenvalue weighted by molar-refractivity contribution is -0.122. The summed E-state index contributed by atoms with van der Waals surface area (Å²) in [5.74, 6) is -1.80. The molecule has 0 aliphatic heterocycles. The van der Waals surface area contributed by atoms with Gasteiger partial charge in [0, 0.05) is 39.1 Å². The number of aromatic nitrogens is 1. The van der Waals surface area contributed by atoms with Crippen LogP contribution in [0.15, 0.2) is 42.5 Å². The molecule has 0 fully saturated rings. The highest BCUT2D eigenvalue weighted by molar-refractivity contribution is 7.09. The van der Waals surface area contributed by atoms with E-state index in [0.29, 0.717) is 17.9 Å². The number of benzene rings is 2.